The fourth-order valence-electron chi connectivity index (χ4n) is 3.40. The smallest absolute Gasteiger partial charge is 0.304 e. The Morgan fingerprint density at radius 2 is 2.03 bits per heavy atom. The lowest BCUT2D eigenvalue weighted by Crippen LogP contribution is -2.67. The molecule has 0 unspecified atom stereocenters. The van der Waals surface area contributed by atoms with E-state index in [9.17, 15) is 19.5 Å². The Balaban J connectivity index is 2.56. The first-order valence-corrected chi connectivity index (χ1v) is 9.99. The molecule has 0 fully saturated rings. The fourth-order valence-corrected chi connectivity index (χ4v) is 3.78. The molecule has 0 saturated carbocycles. The van der Waals surface area contributed by atoms with Crippen LogP contribution in [0.2, 0.25) is 0 Å². The van der Waals surface area contributed by atoms with Crippen LogP contribution in [-0.2, 0) is 28.6 Å². The molecule has 1 aliphatic heterocycles. The van der Waals surface area contributed by atoms with Gasteiger partial charge in [-0.25, -0.2) is 0 Å². The molecule has 164 valence electrons. The van der Waals surface area contributed by atoms with Gasteiger partial charge in [0.15, 0.2) is 0 Å². The molecular weight excluding hydrogens is 412 g/mol. The number of aliphatic hydroxyl groups is 1. The third kappa shape index (κ3) is 4.15. The number of esters is 1. The molecule has 0 aromatic rings. The molecular formula is C22H27ClO7. The number of ketones is 2. The molecule has 1 aliphatic carbocycles. The zero-order valence-corrected chi connectivity index (χ0v) is 18.7. The number of carbonyl (C=O) groups excluding carboxylic acids is 3. The minimum atomic E-state index is -2.43. The van der Waals surface area contributed by atoms with Crippen LogP contribution >= 0.6 is 11.6 Å². The maximum Gasteiger partial charge on any atom is 0.304 e. The monoisotopic (exact) mass is 438 g/mol. The molecule has 0 radical (unpaired) electrons. The van der Waals surface area contributed by atoms with Gasteiger partial charge in [-0.3, -0.25) is 14.4 Å². The lowest BCUT2D eigenvalue weighted by molar-refractivity contribution is -0.214. The highest BCUT2D eigenvalue weighted by Gasteiger charge is 2.65. The minimum absolute atomic E-state index is 0.162. The molecule has 0 aromatic carbocycles. The van der Waals surface area contributed by atoms with Gasteiger partial charge in [0, 0.05) is 19.6 Å². The highest BCUT2D eigenvalue weighted by atomic mass is 35.5. The van der Waals surface area contributed by atoms with Gasteiger partial charge in [0.25, 0.3) is 0 Å². The Hall–Kier alpha value is -2.22. The standard InChI is InChI=1S/C22H27ClO7/c1-7-12(2)10-13(3)8-9-15-11-16-17(23)18(25)21(5,30-14(4)24)19(26)22(16,27)20(28-6)29-15/h8-12,20,27H,7H2,1-6H3/b9-8+,13-10+/t12-,20+,21-,22+/m0/s1. The van der Waals surface area contributed by atoms with Crippen molar-refractivity contribution in [3.8, 4) is 0 Å². The number of rotatable bonds is 6. The van der Waals surface area contributed by atoms with E-state index in [1.807, 2.05) is 6.92 Å². The highest BCUT2D eigenvalue weighted by Crippen LogP contribution is 2.45. The number of Topliss-reactive ketones (excluding diaryl/α,β-unsaturated/α-hetero) is 2. The second-order valence-corrected chi connectivity index (χ2v) is 8.02. The van der Waals surface area contributed by atoms with Crippen LogP contribution in [0.3, 0.4) is 0 Å². The van der Waals surface area contributed by atoms with Gasteiger partial charge < -0.3 is 19.3 Å². The van der Waals surface area contributed by atoms with E-state index in [1.54, 1.807) is 12.2 Å². The van der Waals surface area contributed by atoms with Crippen molar-refractivity contribution in [2.24, 2.45) is 5.92 Å². The van der Waals surface area contributed by atoms with Gasteiger partial charge in [0.2, 0.25) is 29.1 Å². The van der Waals surface area contributed by atoms with E-state index in [0.717, 1.165) is 25.8 Å². The topological polar surface area (TPSA) is 99.1 Å². The Labute approximate surface area is 181 Å². The predicted octanol–water partition coefficient (Wildman–Crippen LogP) is 3.12. The molecule has 1 N–H and O–H groups in total. The first-order valence-electron chi connectivity index (χ1n) is 9.61. The Kier molecular flexibility index (Phi) is 7.12. The zero-order valence-electron chi connectivity index (χ0n) is 17.9. The van der Waals surface area contributed by atoms with Crippen molar-refractivity contribution < 1.29 is 33.7 Å². The number of ether oxygens (including phenoxy) is 3. The summed E-state index contributed by atoms with van der Waals surface area (Å²) in [7, 11) is 1.24. The summed E-state index contributed by atoms with van der Waals surface area (Å²) in [6.07, 6.45) is 6.34. The summed E-state index contributed by atoms with van der Waals surface area (Å²) in [6, 6.07) is 0. The molecule has 0 spiro atoms. The summed E-state index contributed by atoms with van der Waals surface area (Å²) in [6.45, 7) is 8.25. The average Bonchev–Trinajstić information content (AvgIpc) is 2.69. The number of allylic oxidation sites excluding steroid dienone is 4. The van der Waals surface area contributed by atoms with Crippen LogP contribution in [0.4, 0.5) is 0 Å². The zero-order chi connectivity index (χ0) is 22.9. The van der Waals surface area contributed by atoms with Crippen molar-refractivity contribution in [3.05, 3.63) is 46.2 Å². The van der Waals surface area contributed by atoms with E-state index < -0.39 is 40.1 Å². The van der Waals surface area contributed by atoms with Gasteiger partial charge in [-0.15, -0.1) is 0 Å². The van der Waals surface area contributed by atoms with Crippen LogP contribution < -0.4 is 0 Å². The molecule has 30 heavy (non-hydrogen) atoms. The third-order valence-corrected chi connectivity index (χ3v) is 5.57. The highest BCUT2D eigenvalue weighted by molar-refractivity contribution is 6.48. The van der Waals surface area contributed by atoms with Gasteiger partial charge in [0.1, 0.15) is 5.76 Å². The summed E-state index contributed by atoms with van der Waals surface area (Å²) in [5.41, 5.74) is -3.90. The summed E-state index contributed by atoms with van der Waals surface area (Å²) >= 11 is 6.24. The van der Waals surface area contributed by atoms with Crippen molar-refractivity contribution in [2.45, 2.75) is 58.5 Å². The number of hydrogen-bond acceptors (Lipinski definition) is 7. The summed E-state index contributed by atoms with van der Waals surface area (Å²) in [5.74, 6) is -2.24. The van der Waals surface area contributed by atoms with Gasteiger partial charge in [0.05, 0.1) is 5.03 Å². The number of fused-ring (bicyclic) bond motifs is 1. The second-order valence-electron chi connectivity index (χ2n) is 7.64. The van der Waals surface area contributed by atoms with Crippen LogP contribution in [-0.4, -0.2) is 47.2 Å². The summed E-state index contributed by atoms with van der Waals surface area (Å²) in [4.78, 5) is 37.4. The predicted molar refractivity (Wildman–Crippen MR) is 110 cm³/mol. The fraction of sp³-hybridized carbons (Fsp3) is 0.500. The molecule has 7 nitrogen and oxygen atoms in total. The summed E-state index contributed by atoms with van der Waals surface area (Å²) < 4.78 is 15.8. The maximum atomic E-state index is 13.1. The molecule has 1 heterocycles. The van der Waals surface area contributed by atoms with Crippen LogP contribution in [0.5, 0.6) is 0 Å². The van der Waals surface area contributed by atoms with Gasteiger partial charge in [-0.1, -0.05) is 49.6 Å². The summed E-state index contributed by atoms with van der Waals surface area (Å²) in [5, 5.41) is 10.8. The molecule has 0 amide bonds. The van der Waals surface area contributed by atoms with E-state index in [0.29, 0.717) is 5.92 Å². The van der Waals surface area contributed by atoms with Crippen molar-refractivity contribution in [3.63, 3.8) is 0 Å². The molecule has 0 saturated heterocycles. The molecule has 0 bridgehead atoms. The van der Waals surface area contributed by atoms with E-state index in [4.69, 9.17) is 25.8 Å². The number of hydrogen-bond donors (Lipinski definition) is 1. The largest absolute Gasteiger partial charge is 0.461 e. The average molecular weight is 439 g/mol. The Morgan fingerprint density at radius 1 is 1.40 bits per heavy atom. The Bertz CT molecular complexity index is 882. The van der Waals surface area contributed by atoms with E-state index in [1.165, 1.54) is 13.2 Å². The number of carbonyl (C=O) groups is 3. The lowest BCUT2D eigenvalue weighted by atomic mass is 9.71. The first kappa shape index (κ1) is 24.1. The van der Waals surface area contributed by atoms with Crippen molar-refractivity contribution in [1.29, 1.82) is 0 Å². The quantitative estimate of drug-likeness (QED) is 0.386. The van der Waals surface area contributed by atoms with E-state index >= 15 is 0 Å². The maximum absolute atomic E-state index is 13.1. The molecule has 8 heteroatoms. The van der Waals surface area contributed by atoms with Crippen molar-refractivity contribution in [2.75, 3.05) is 7.11 Å². The van der Waals surface area contributed by atoms with Gasteiger partial charge in [-0.05, 0) is 31.9 Å². The van der Waals surface area contributed by atoms with E-state index in [2.05, 4.69) is 19.9 Å². The number of halogens is 1. The Morgan fingerprint density at radius 3 is 2.57 bits per heavy atom. The van der Waals surface area contributed by atoms with Gasteiger partial charge >= 0.3 is 5.97 Å². The van der Waals surface area contributed by atoms with Crippen molar-refractivity contribution in [1.82, 2.24) is 0 Å². The molecule has 2 aliphatic rings. The van der Waals surface area contributed by atoms with Crippen molar-refractivity contribution >= 4 is 29.1 Å². The SMILES string of the molecule is CC[C@H](C)/C=C(C)/C=C/C1=CC2=C(Cl)C(=O)[C@](C)(OC(C)=O)C(=O)[C@@]2(O)[C@H](OC)O1. The van der Waals surface area contributed by atoms with E-state index in [-0.39, 0.29) is 11.3 Å². The second kappa shape index (κ2) is 8.88. The van der Waals surface area contributed by atoms with Crippen LogP contribution in [0.15, 0.2) is 46.2 Å². The minimum Gasteiger partial charge on any atom is -0.461 e. The third-order valence-electron chi connectivity index (χ3n) is 5.19. The lowest BCUT2D eigenvalue weighted by Gasteiger charge is -2.45. The molecule has 0 aromatic heterocycles. The first-order chi connectivity index (χ1) is 13.9. The van der Waals surface area contributed by atoms with Gasteiger partial charge in [-0.2, -0.15) is 0 Å². The molecule has 4 atom stereocenters. The normalized spacial score (nSPS) is 30.7. The van der Waals surface area contributed by atoms with Crippen LogP contribution in [0.1, 0.15) is 41.0 Å². The van der Waals surface area contributed by atoms with Crippen LogP contribution in [0.25, 0.3) is 0 Å². The molecule has 2 rings (SSSR count). The van der Waals surface area contributed by atoms with Crippen LogP contribution in [0, 0.1) is 5.92 Å². The number of methoxy groups -OCH3 is 1.